The van der Waals surface area contributed by atoms with E-state index in [2.05, 4.69) is 25.6 Å². The summed E-state index contributed by atoms with van der Waals surface area (Å²) in [6.07, 6.45) is 3.30. The number of halogens is 1. The van der Waals surface area contributed by atoms with E-state index in [1.807, 2.05) is 43.3 Å². The summed E-state index contributed by atoms with van der Waals surface area (Å²) in [6.45, 7) is 0. The molecule has 0 saturated heterocycles. The monoisotopic (exact) mass is 449 g/mol. The molecule has 0 fully saturated rings. The average molecular weight is 450 g/mol. The van der Waals surface area contributed by atoms with Crippen LogP contribution in [0.2, 0.25) is 0 Å². The van der Waals surface area contributed by atoms with Gasteiger partial charge in [-0.1, -0.05) is 17.0 Å². The van der Waals surface area contributed by atoms with Crippen molar-refractivity contribution in [3.63, 3.8) is 0 Å². The number of thioether (sulfide) groups is 1. The van der Waals surface area contributed by atoms with Crippen molar-refractivity contribution in [1.82, 2.24) is 25.0 Å². The molecule has 2 aromatic heterocycles. The molecule has 0 saturated carbocycles. The first-order chi connectivity index (χ1) is 15.5. The first-order valence-corrected chi connectivity index (χ1v) is 10.7. The molecule has 0 aliphatic rings. The lowest BCUT2D eigenvalue weighted by atomic mass is 10.2. The Morgan fingerprint density at radius 1 is 1.06 bits per heavy atom. The number of carbonyl (C=O) groups is 1. The summed E-state index contributed by atoms with van der Waals surface area (Å²) < 4.78 is 14.9. The number of anilines is 2. The van der Waals surface area contributed by atoms with Crippen molar-refractivity contribution in [3.05, 3.63) is 84.2 Å². The quantitative estimate of drug-likeness (QED) is 0.339. The van der Waals surface area contributed by atoms with Crippen LogP contribution in [0.1, 0.15) is 16.2 Å². The van der Waals surface area contributed by atoms with Crippen LogP contribution in [0.5, 0.6) is 0 Å². The molecule has 4 aromatic rings. The Kier molecular flexibility index (Phi) is 6.41. The van der Waals surface area contributed by atoms with Crippen LogP contribution in [-0.2, 0) is 5.75 Å². The Bertz CT molecular complexity index is 1200. The molecule has 0 atom stereocenters. The highest BCUT2D eigenvalue weighted by Gasteiger charge is 2.21. The second-order valence-corrected chi connectivity index (χ2v) is 7.93. The third-order valence-corrected chi connectivity index (χ3v) is 5.46. The molecule has 0 unspecified atom stereocenters. The summed E-state index contributed by atoms with van der Waals surface area (Å²) in [5, 5.41) is 11.7. The van der Waals surface area contributed by atoms with Gasteiger partial charge in [0.2, 0.25) is 0 Å². The van der Waals surface area contributed by atoms with Crippen molar-refractivity contribution in [2.75, 3.05) is 24.3 Å². The first kappa shape index (κ1) is 21.4. The van der Waals surface area contributed by atoms with Gasteiger partial charge in [0.1, 0.15) is 5.82 Å². The molecular formula is C22H20FN7OS. The molecule has 162 valence electrons. The number of benzene rings is 2. The number of nitrogens with one attached hydrogen (secondary N) is 1. The Balaban J connectivity index is 1.62. The molecular weight excluding hydrogens is 429 g/mol. The van der Waals surface area contributed by atoms with Crippen molar-refractivity contribution in [1.29, 1.82) is 0 Å². The molecule has 2 aromatic carbocycles. The standard InChI is InChI=1S/C22H20FN7OS/c1-29(2)17-10-6-16(7-11-17)26-21(31)20-19(14-32-22-24-12-3-13-25-22)30(28-27-20)18-8-4-15(23)5-9-18/h3-13H,14H2,1-2H3,(H,26,31). The van der Waals surface area contributed by atoms with E-state index >= 15 is 0 Å². The molecule has 32 heavy (non-hydrogen) atoms. The van der Waals surface area contributed by atoms with Crippen molar-refractivity contribution >= 4 is 29.0 Å². The fourth-order valence-electron chi connectivity index (χ4n) is 2.92. The maximum absolute atomic E-state index is 13.4. The predicted octanol–water partition coefficient (Wildman–Crippen LogP) is 3.81. The molecule has 8 nitrogen and oxygen atoms in total. The topological polar surface area (TPSA) is 88.8 Å². The van der Waals surface area contributed by atoms with E-state index in [1.54, 1.807) is 30.6 Å². The van der Waals surface area contributed by atoms with E-state index in [4.69, 9.17) is 0 Å². The van der Waals surface area contributed by atoms with Gasteiger partial charge in [-0.05, 0) is 54.6 Å². The molecule has 0 radical (unpaired) electrons. The third kappa shape index (κ3) is 4.92. The Morgan fingerprint density at radius 3 is 2.41 bits per heavy atom. The van der Waals surface area contributed by atoms with E-state index in [0.717, 1.165) is 5.69 Å². The molecule has 4 rings (SSSR count). The fraction of sp³-hybridized carbons (Fsp3) is 0.136. The summed E-state index contributed by atoms with van der Waals surface area (Å²) >= 11 is 1.35. The molecule has 0 spiro atoms. The Hall–Kier alpha value is -3.79. The van der Waals surface area contributed by atoms with Crippen LogP contribution in [0.3, 0.4) is 0 Å². The largest absolute Gasteiger partial charge is 0.378 e. The summed E-state index contributed by atoms with van der Waals surface area (Å²) in [7, 11) is 3.89. The van der Waals surface area contributed by atoms with Gasteiger partial charge in [0.15, 0.2) is 10.9 Å². The van der Waals surface area contributed by atoms with Gasteiger partial charge in [-0.2, -0.15) is 0 Å². The van der Waals surface area contributed by atoms with Crippen molar-refractivity contribution in [2.45, 2.75) is 10.9 Å². The van der Waals surface area contributed by atoms with Gasteiger partial charge in [0.25, 0.3) is 5.91 Å². The molecule has 0 bridgehead atoms. The lowest BCUT2D eigenvalue weighted by Gasteiger charge is -2.13. The number of amides is 1. The minimum atomic E-state index is -0.388. The number of hydrogen-bond donors (Lipinski definition) is 1. The molecule has 0 aliphatic carbocycles. The van der Waals surface area contributed by atoms with E-state index in [9.17, 15) is 9.18 Å². The second kappa shape index (κ2) is 9.56. The van der Waals surface area contributed by atoms with Crippen molar-refractivity contribution in [3.8, 4) is 5.69 Å². The molecule has 10 heteroatoms. The van der Waals surface area contributed by atoms with Gasteiger partial charge in [0.05, 0.1) is 11.4 Å². The highest BCUT2D eigenvalue weighted by Crippen LogP contribution is 2.24. The van der Waals surface area contributed by atoms with Crippen LogP contribution in [0.25, 0.3) is 5.69 Å². The zero-order valence-electron chi connectivity index (χ0n) is 17.4. The number of aromatic nitrogens is 5. The van der Waals surface area contributed by atoms with Crippen LogP contribution < -0.4 is 10.2 Å². The van der Waals surface area contributed by atoms with Crippen LogP contribution >= 0.6 is 11.8 Å². The van der Waals surface area contributed by atoms with Gasteiger partial charge in [-0.25, -0.2) is 19.0 Å². The maximum atomic E-state index is 13.4. The van der Waals surface area contributed by atoms with Crippen LogP contribution in [-0.4, -0.2) is 45.0 Å². The van der Waals surface area contributed by atoms with Gasteiger partial charge < -0.3 is 10.2 Å². The lowest BCUT2D eigenvalue weighted by Crippen LogP contribution is -2.15. The molecule has 2 heterocycles. The number of nitrogens with zero attached hydrogens (tertiary/aromatic N) is 6. The van der Waals surface area contributed by atoms with Gasteiger partial charge in [0, 0.05) is 43.6 Å². The minimum absolute atomic E-state index is 0.175. The summed E-state index contributed by atoms with van der Waals surface area (Å²) in [6, 6.07) is 15.0. The smallest absolute Gasteiger partial charge is 0.278 e. The summed E-state index contributed by atoms with van der Waals surface area (Å²) in [5.74, 6) is -0.404. The van der Waals surface area contributed by atoms with Gasteiger partial charge in [-0.15, -0.1) is 5.10 Å². The predicted molar refractivity (Wildman–Crippen MR) is 122 cm³/mol. The fourth-order valence-corrected chi connectivity index (χ4v) is 3.72. The van der Waals surface area contributed by atoms with Crippen LogP contribution in [0.15, 0.2) is 72.1 Å². The van der Waals surface area contributed by atoms with Gasteiger partial charge >= 0.3 is 0 Å². The van der Waals surface area contributed by atoms with E-state index in [0.29, 0.717) is 28.0 Å². The SMILES string of the molecule is CN(C)c1ccc(NC(=O)c2nnn(-c3ccc(F)cc3)c2CSc2ncccn2)cc1. The zero-order chi connectivity index (χ0) is 22.5. The van der Waals surface area contributed by atoms with Crippen molar-refractivity contribution in [2.24, 2.45) is 0 Å². The highest BCUT2D eigenvalue weighted by molar-refractivity contribution is 7.98. The summed E-state index contributed by atoms with van der Waals surface area (Å²) in [4.78, 5) is 23.4. The number of carbonyl (C=O) groups excluding carboxylic acids is 1. The normalized spacial score (nSPS) is 10.7. The molecule has 1 amide bonds. The third-order valence-electron chi connectivity index (χ3n) is 4.57. The van der Waals surface area contributed by atoms with Gasteiger partial charge in [-0.3, -0.25) is 4.79 Å². The maximum Gasteiger partial charge on any atom is 0.278 e. The summed E-state index contributed by atoms with van der Waals surface area (Å²) in [5.41, 5.74) is 2.98. The van der Waals surface area contributed by atoms with Crippen LogP contribution in [0, 0.1) is 5.82 Å². The minimum Gasteiger partial charge on any atom is -0.378 e. The number of rotatable bonds is 7. The lowest BCUT2D eigenvalue weighted by molar-refractivity contribution is 0.102. The molecule has 1 N–H and O–H groups in total. The highest BCUT2D eigenvalue weighted by atomic mass is 32.2. The van der Waals surface area contributed by atoms with E-state index in [1.165, 1.54) is 28.6 Å². The van der Waals surface area contributed by atoms with Crippen LogP contribution in [0.4, 0.5) is 15.8 Å². The van der Waals surface area contributed by atoms with E-state index in [-0.39, 0.29) is 17.4 Å². The zero-order valence-corrected chi connectivity index (χ0v) is 18.3. The molecule has 0 aliphatic heterocycles. The first-order valence-electron chi connectivity index (χ1n) is 9.70. The Labute approximate surface area is 188 Å². The second-order valence-electron chi connectivity index (χ2n) is 6.99. The average Bonchev–Trinajstić information content (AvgIpc) is 3.23. The Morgan fingerprint density at radius 2 is 1.75 bits per heavy atom. The van der Waals surface area contributed by atoms with Crippen molar-refractivity contribution < 1.29 is 9.18 Å². The van der Waals surface area contributed by atoms with E-state index < -0.39 is 0 Å². The number of hydrogen-bond acceptors (Lipinski definition) is 7.